The second kappa shape index (κ2) is 10.1. The Kier molecular flexibility index (Phi) is 6.99. The maximum absolute atomic E-state index is 12.4. The molecule has 2 aliphatic rings. The smallest absolute Gasteiger partial charge is 0.243 e. The first-order valence-electron chi connectivity index (χ1n) is 10.8. The molecule has 0 saturated carbocycles. The second-order valence-electron chi connectivity index (χ2n) is 8.00. The van der Waals surface area contributed by atoms with E-state index in [1.807, 2.05) is 12.1 Å². The maximum atomic E-state index is 12.4. The molecule has 0 unspecified atom stereocenters. The quantitative estimate of drug-likeness (QED) is 0.675. The van der Waals surface area contributed by atoms with Crippen molar-refractivity contribution in [3.8, 4) is 0 Å². The summed E-state index contributed by atoms with van der Waals surface area (Å²) < 4.78 is 0. The summed E-state index contributed by atoms with van der Waals surface area (Å²) in [6, 6.07) is 15.9. The minimum absolute atomic E-state index is 0.0486. The molecule has 6 nitrogen and oxygen atoms in total. The van der Waals surface area contributed by atoms with Gasteiger partial charge in [-0.25, -0.2) is 5.01 Å². The normalized spacial score (nSPS) is 16.6. The van der Waals surface area contributed by atoms with Crippen LogP contribution < -0.4 is 5.32 Å². The second-order valence-corrected chi connectivity index (χ2v) is 8.44. The minimum atomic E-state index is -0.182. The van der Waals surface area contributed by atoms with Gasteiger partial charge in [-0.05, 0) is 41.7 Å². The third kappa shape index (κ3) is 5.71. The summed E-state index contributed by atoms with van der Waals surface area (Å²) in [5.41, 5.74) is 4.56. The largest absolute Gasteiger partial charge is 0.354 e. The zero-order chi connectivity index (χ0) is 21.6. The van der Waals surface area contributed by atoms with Crippen LogP contribution in [0.15, 0.2) is 53.6 Å². The summed E-state index contributed by atoms with van der Waals surface area (Å²) in [7, 11) is 0. The van der Waals surface area contributed by atoms with Crippen LogP contribution in [0.25, 0.3) is 0 Å². The van der Waals surface area contributed by atoms with Crippen LogP contribution in [-0.4, -0.2) is 53.6 Å². The summed E-state index contributed by atoms with van der Waals surface area (Å²) >= 11 is 5.94. The van der Waals surface area contributed by atoms with Gasteiger partial charge in [0.2, 0.25) is 11.8 Å². The van der Waals surface area contributed by atoms with E-state index in [0.29, 0.717) is 24.4 Å². The first-order valence-corrected chi connectivity index (χ1v) is 11.2. The van der Waals surface area contributed by atoms with Gasteiger partial charge in [0.05, 0.1) is 5.71 Å². The predicted molar refractivity (Wildman–Crippen MR) is 122 cm³/mol. The highest BCUT2D eigenvalue weighted by Crippen LogP contribution is 2.19. The predicted octanol–water partition coefficient (Wildman–Crippen LogP) is 3.23. The Morgan fingerprint density at radius 1 is 1.03 bits per heavy atom. The average Bonchev–Trinajstić information content (AvgIpc) is 2.79. The van der Waals surface area contributed by atoms with Gasteiger partial charge in [0.25, 0.3) is 0 Å². The van der Waals surface area contributed by atoms with Gasteiger partial charge in [0, 0.05) is 44.0 Å². The van der Waals surface area contributed by atoms with Crippen molar-refractivity contribution in [3.63, 3.8) is 0 Å². The molecular weight excluding hydrogens is 412 g/mol. The number of halogens is 1. The van der Waals surface area contributed by atoms with Crippen LogP contribution in [0.1, 0.15) is 36.0 Å². The lowest BCUT2D eigenvalue weighted by Gasteiger charge is -2.28. The number of carbonyl (C=O) groups excluding carboxylic acids is 2. The zero-order valence-corrected chi connectivity index (χ0v) is 18.3. The Bertz CT molecular complexity index is 974. The summed E-state index contributed by atoms with van der Waals surface area (Å²) in [5, 5.41) is 9.28. The third-order valence-corrected chi connectivity index (χ3v) is 6.01. The van der Waals surface area contributed by atoms with Crippen LogP contribution in [0.4, 0.5) is 0 Å². The van der Waals surface area contributed by atoms with E-state index in [1.165, 1.54) is 16.1 Å². The van der Waals surface area contributed by atoms with Crippen LogP contribution in [0, 0.1) is 0 Å². The fourth-order valence-corrected chi connectivity index (χ4v) is 4.17. The number of hydrazone groups is 1. The molecule has 2 aliphatic heterocycles. The van der Waals surface area contributed by atoms with Gasteiger partial charge in [0.1, 0.15) is 6.54 Å². The zero-order valence-electron chi connectivity index (χ0n) is 17.5. The first-order chi connectivity index (χ1) is 15.1. The molecule has 2 aromatic carbocycles. The van der Waals surface area contributed by atoms with Gasteiger partial charge >= 0.3 is 0 Å². The molecule has 0 fully saturated rings. The number of benzene rings is 2. The molecule has 2 aromatic rings. The van der Waals surface area contributed by atoms with E-state index in [2.05, 4.69) is 39.6 Å². The fourth-order valence-electron chi connectivity index (χ4n) is 4.04. The van der Waals surface area contributed by atoms with Crippen molar-refractivity contribution in [3.05, 3.63) is 70.2 Å². The van der Waals surface area contributed by atoms with Crippen LogP contribution in [0.3, 0.4) is 0 Å². The monoisotopic (exact) mass is 438 g/mol. The van der Waals surface area contributed by atoms with Crippen LogP contribution in [0.2, 0.25) is 5.02 Å². The molecule has 0 bridgehead atoms. The Morgan fingerprint density at radius 2 is 1.81 bits per heavy atom. The number of fused-ring (bicyclic) bond motifs is 1. The number of amides is 2. The van der Waals surface area contributed by atoms with Gasteiger partial charge in [-0.2, -0.15) is 5.10 Å². The number of rotatable bonds is 7. The number of hydrogen-bond donors (Lipinski definition) is 1. The Labute approximate surface area is 187 Å². The van der Waals surface area contributed by atoms with Gasteiger partial charge in [-0.1, -0.05) is 48.0 Å². The molecule has 0 aromatic heterocycles. The maximum Gasteiger partial charge on any atom is 0.243 e. The average molecular weight is 439 g/mol. The van der Waals surface area contributed by atoms with Crippen molar-refractivity contribution in [1.29, 1.82) is 0 Å². The lowest BCUT2D eigenvalue weighted by molar-refractivity contribution is -0.136. The summed E-state index contributed by atoms with van der Waals surface area (Å²) in [4.78, 5) is 27.0. The van der Waals surface area contributed by atoms with E-state index in [9.17, 15) is 9.59 Å². The molecule has 0 saturated heterocycles. The van der Waals surface area contributed by atoms with Gasteiger partial charge in [-0.15, -0.1) is 0 Å². The summed E-state index contributed by atoms with van der Waals surface area (Å²) in [6.45, 7) is 3.50. The lowest BCUT2D eigenvalue weighted by Crippen LogP contribution is -2.41. The molecule has 2 heterocycles. The van der Waals surface area contributed by atoms with Crippen molar-refractivity contribution in [2.75, 3.05) is 26.2 Å². The van der Waals surface area contributed by atoms with Gasteiger partial charge < -0.3 is 5.32 Å². The number of carbonyl (C=O) groups is 2. The van der Waals surface area contributed by atoms with E-state index in [0.717, 1.165) is 43.8 Å². The van der Waals surface area contributed by atoms with Crippen molar-refractivity contribution in [2.45, 2.75) is 32.2 Å². The molecule has 4 rings (SSSR count). The van der Waals surface area contributed by atoms with E-state index in [4.69, 9.17) is 11.6 Å². The Morgan fingerprint density at radius 3 is 2.61 bits per heavy atom. The van der Waals surface area contributed by atoms with E-state index in [-0.39, 0.29) is 18.4 Å². The molecule has 31 heavy (non-hydrogen) atoms. The van der Waals surface area contributed by atoms with Crippen molar-refractivity contribution < 1.29 is 9.59 Å². The number of nitrogens with zero attached hydrogens (tertiary/aromatic N) is 3. The fraction of sp³-hybridized carbons (Fsp3) is 0.375. The highest BCUT2D eigenvalue weighted by Gasteiger charge is 2.23. The SMILES string of the molecule is O=C(CN1N=C(c2ccc(Cl)cc2)CCC1=O)NCCCN1CCc2ccccc2C1. The van der Waals surface area contributed by atoms with Crippen LogP contribution >= 0.6 is 11.6 Å². The van der Waals surface area contributed by atoms with Gasteiger partial charge in [-0.3, -0.25) is 14.5 Å². The molecule has 0 spiro atoms. The summed E-state index contributed by atoms with van der Waals surface area (Å²) in [6.07, 6.45) is 2.87. The molecule has 1 N–H and O–H groups in total. The third-order valence-electron chi connectivity index (χ3n) is 5.76. The molecular formula is C24H27ClN4O2. The lowest BCUT2D eigenvalue weighted by atomic mass is 10.00. The van der Waals surface area contributed by atoms with Crippen molar-refractivity contribution in [2.24, 2.45) is 5.10 Å². The van der Waals surface area contributed by atoms with E-state index in [1.54, 1.807) is 12.1 Å². The Balaban J connectivity index is 1.22. The van der Waals surface area contributed by atoms with Crippen LogP contribution in [-0.2, 0) is 22.6 Å². The Hall–Kier alpha value is -2.70. The molecule has 0 atom stereocenters. The highest BCUT2D eigenvalue weighted by molar-refractivity contribution is 6.30. The standard InChI is InChI=1S/C24H27ClN4O2/c25-21-8-6-19(7-9-21)22-10-11-24(31)29(27-22)17-23(30)26-13-3-14-28-15-12-18-4-1-2-5-20(18)16-28/h1-2,4-9H,3,10-17H2,(H,26,30). The van der Waals surface area contributed by atoms with E-state index < -0.39 is 0 Å². The first kappa shape index (κ1) is 21.5. The molecule has 162 valence electrons. The number of hydrogen-bond acceptors (Lipinski definition) is 4. The van der Waals surface area contributed by atoms with Crippen molar-refractivity contribution in [1.82, 2.24) is 15.2 Å². The topological polar surface area (TPSA) is 65.0 Å². The van der Waals surface area contributed by atoms with E-state index >= 15 is 0 Å². The number of nitrogens with one attached hydrogen (secondary N) is 1. The summed E-state index contributed by atoms with van der Waals surface area (Å²) in [5.74, 6) is -0.307. The van der Waals surface area contributed by atoms with Crippen LogP contribution in [0.5, 0.6) is 0 Å². The highest BCUT2D eigenvalue weighted by atomic mass is 35.5. The minimum Gasteiger partial charge on any atom is -0.354 e. The molecule has 7 heteroatoms. The van der Waals surface area contributed by atoms with Crippen molar-refractivity contribution >= 4 is 29.1 Å². The molecule has 0 radical (unpaired) electrons. The molecule has 2 amide bonds. The molecule has 0 aliphatic carbocycles. The van der Waals surface area contributed by atoms with Gasteiger partial charge in [0.15, 0.2) is 0 Å².